The molecule has 0 atom stereocenters. The Bertz CT molecular complexity index is 1580. The van der Waals surface area contributed by atoms with E-state index < -0.39 is 0 Å². The lowest BCUT2D eigenvalue weighted by atomic mass is 10.2. The molecular weight excluding hydrogens is 506 g/mol. The van der Waals surface area contributed by atoms with Gasteiger partial charge >= 0.3 is 0 Å². The summed E-state index contributed by atoms with van der Waals surface area (Å²) in [6, 6.07) is 20.3. The summed E-state index contributed by atoms with van der Waals surface area (Å²) in [6.07, 6.45) is 4.06. The van der Waals surface area contributed by atoms with E-state index in [1.807, 2.05) is 48.5 Å². The number of nitrogens with zero attached hydrogens (tertiary/aromatic N) is 3. The molecule has 7 nitrogen and oxygen atoms in total. The second-order valence-corrected chi connectivity index (χ2v) is 9.96. The van der Waals surface area contributed by atoms with Crippen molar-refractivity contribution in [1.82, 2.24) is 14.3 Å². The number of aryl methyl sites for hydroxylation is 1. The standard InChI is InChI=1S/C28H23N3O4S2/c1-3-18-7-13-21(14-8-18)35-25-22(26(32)30-15-5-4-6-24(30)29-25)16-23-27(33)31(28(36)37-23)17-19-9-11-20(34-2)12-10-19/h4-16H,3,17H2,1-2H3/b23-16+. The molecule has 1 amide bonds. The summed E-state index contributed by atoms with van der Waals surface area (Å²) in [7, 11) is 1.60. The van der Waals surface area contributed by atoms with Gasteiger partial charge < -0.3 is 9.47 Å². The Labute approximate surface area is 223 Å². The van der Waals surface area contributed by atoms with Crippen molar-refractivity contribution in [3.63, 3.8) is 0 Å². The smallest absolute Gasteiger partial charge is 0.269 e. The number of thioether (sulfide) groups is 1. The normalized spacial score (nSPS) is 14.5. The maximum atomic E-state index is 13.5. The van der Waals surface area contributed by atoms with Crippen LogP contribution in [-0.4, -0.2) is 31.6 Å². The van der Waals surface area contributed by atoms with Crippen molar-refractivity contribution >= 4 is 45.9 Å². The van der Waals surface area contributed by atoms with Gasteiger partial charge in [-0.1, -0.05) is 61.2 Å². The topological polar surface area (TPSA) is 73.1 Å². The molecule has 1 saturated heterocycles. The van der Waals surface area contributed by atoms with Gasteiger partial charge in [-0.05, 0) is 60.0 Å². The van der Waals surface area contributed by atoms with Crippen molar-refractivity contribution in [3.8, 4) is 17.4 Å². The zero-order valence-electron chi connectivity index (χ0n) is 20.2. The summed E-state index contributed by atoms with van der Waals surface area (Å²) in [6.45, 7) is 2.39. The van der Waals surface area contributed by atoms with Crippen LogP contribution < -0.4 is 15.0 Å². The van der Waals surface area contributed by atoms with Gasteiger partial charge in [0.2, 0.25) is 5.88 Å². The van der Waals surface area contributed by atoms with E-state index in [0.717, 1.165) is 29.5 Å². The average Bonchev–Trinajstić information content (AvgIpc) is 3.19. The lowest BCUT2D eigenvalue weighted by molar-refractivity contribution is -0.122. The number of amides is 1. The lowest BCUT2D eigenvalue weighted by Gasteiger charge is -2.14. The molecule has 0 unspecified atom stereocenters. The summed E-state index contributed by atoms with van der Waals surface area (Å²) in [5.74, 6) is 1.13. The summed E-state index contributed by atoms with van der Waals surface area (Å²) in [5, 5.41) is 0. The summed E-state index contributed by atoms with van der Waals surface area (Å²) in [4.78, 5) is 33.2. The number of carbonyl (C=O) groups is 1. The van der Waals surface area contributed by atoms with Gasteiger partial charge in [0, 0.05) is 6.20 Å². The van der Waals surface area contributed by atoms with Crippen LogP contribution in [0.3, 0.4) is 0 Å². The van der Waals surface area contributed by atoms with Gasteiger partial charge in [0.05, 0.1) is 18.6 Å². The van der Waals surface area contributed by atoms with E-state index >= 15 is 0 Å². The zero-order valence-corrected chi connectivity index (χ0v) is 21.8. The maximum Gasteiger partial charge on any atom is 0.269 e. The van der Waals surface area contributed by atoms with Crippen LogP contribution in [0.2, 0.25) is 0 Å². The van der Waals surface area contributed by atoms with Gasteiger partial charge in [0.1, 0.15) is 27.0 Å². The molecule has 5 rings (SSSR count). The summed E-state index contributed by atoms with van der Waals surface area (Å²) < 4.78 is 13.1. The highest BCUT2D eigenvalue weighted by Gasteiger charge is 2.33. The molecule has 2 aromatic heterocycles. The van der Waals surface area contributed by atoms with E-state index in [0.29, 0.717) is 27.2 Å². The fourth-order valence-corrected chi connectivity index (χ4v) is 5.11. The van der Waals surface area contributed by atoms with Crippen LogP contribution in [0.25, 0.3) is 11.7 Å². The predicted molar refractivity (Wildman–Crippen MR) is 149 cm³/mol. The molecule has 0 aliphatic carbocycles. The van der Waals surface area contributed by atoms with Crippen LogP contribution >= 0.6 is 24.0 Å². The minimum atomic E-state index is -0.341. The van der Waals surface area contributed by atoms with Crippen LogP contribution in [0.1, 0.15) is 23.6 Å². The highest BCUT2D eigenvalue weighted by atomic mass is 32.2. The molecule has 1 fully saturated rings. The molecule has 9 heteroatoms. The quantitative estimate of drug-likeness (QED) is 0.233. The lowest BCUT2D eigenvalue weighted by Crippen LogP contribution is -2.27. The molecular formula is C28H23N3O4S2. The number of carbonyl (C=O) groups excluding carboxylic acids is 1. The number of hydrogen-bond donors (Lipinski definition) is 0. The third kappa shape index (κ3) is 5.14. The predicted octanol–water partition coefficient (Wildman–Crippen LogP) is 5.46. The van der Waals surface area contributed by atoms with Crippen molar-refractivity contribution in [1.29, 1.82) is 0 Å². The van der Waals surface area contributed by atoms with E-state index in [1.54, 1.807) is 31.5 Å². The van der Waals surface area contributed by atoms with E-state index in [9.17, 15) is 9.59 Å². The first-order valence-corrected chi connectivity index (χ1v) is 12.9. The van der Waals surface area contributed by atoms with Gasteiger partial charge in [0.15, 0.2) is 0 Å². The molecule has 4 aromatic rings. The number of ether oxygens (including phenoxy) is 2. The van der Waals surface area contributed by atoms with E-state index in [2.05, 4.69) is 11.9 Å². The van der Waals surface area contributed by atoms with Crippen molar-refractivity contribution in [3.05, 3.63) is 105 Å². The molecule has 0 N–H and O–H groups in total. The van der Waals surface area contributed by atoms with Gasteiger partial charge in [-0.25, -0.2) is 0 Å². The first-order chi connectivity index (χ1) is 18.0. The number of hydrogen-bond acceptors (Lipinski definition) is 7. The van der Waals surface area contributed by atoms with Crippen molar-refractivity contribution < 1.29 is 14.3 Å². The van der Waals surface area contributed by atoms with E-state index in [4.69, 9.17) is 21.7 Å². The average molecular weight is 530 g/mol. The van der Waals surface area contributed by atoms with Crippen LogP contribution in [-0.2, 0) is 17.8 Å². The number of methoxy groups -OCH3 is 1. The Morgan fingerprint density at radius 3 is 2.38 bits per heavy atom. The Morgan fingerprint density at radius 1 is 0.973 bits per heavy atom. The molecule has 2 aromatic carbocycles. The molecule has 0 saturated carbocycles. The van der Waals surface area contributed by atoms with Gasteiger partial charge in [-0.3, -0.25) is 18.9 Å². The second-order valence-electron chi connectivity index (χ2n) is 8.28. The van der Waals surface area contributed by atoms with Crippen LogP contribution in [0.15, 0.2) is 82.6 Å². The molecule has 186 valence electrons. The van der Waals surface area contributed by atoms with Crippen molar-refractivity contribution in [2.75, 3.05) is 7.11 Å². The monoisotopic (exact) mass is 529 g/mol. The molecule has 3 heterocycles. The van der Waals surface area contributed by atoms with Gasteiger partial charge in [-0.2, -0.15) is 4.98 Å². The maximum absolute atomic E-state index is 13.5. The summed E-state index contributed by atoms with van der Waals surface area (Å²) >= 11 is 6.65. The van der Waals surface area contributed by atoms with Crippen LogP contribution in [0, 0.1) is 0 Å². The molecule has 0 bridgehead atoms. The first-order valence-electron chi connectivity index (χ1n) is 11.6. The van der Waals surface area contributed by atoms with Gasteiger partial charge in [-0.15, -0.1) is 0 Å². The van der Waals surface area contributed by atoms with Crippen LogP contribution in [0.5, 0.6) is 17.4 Å². The first kappa shape index (κ1) is 24.7. The number of thiocarbonyl (C=S) groups is 1. The molecule has 0 radical (unpaired) electrons. The number of rotatable bonds is 7. The van der Waals surface area contributed by atoms with E-state index in [-0.39, 0.29) is 22.9 Å². The van der Waals surface area contributed by atoms with Crippen molar-refractivity contribution in [2.24, 2.45) is 0 Å². The Balaban J connectivity index is 1.51. The highest BCUT2D eigenvalue weighted by Crippen LogP contribution is 2.35. The Kier molecular flexibility index (Phi) is 7.07. The fourth-order valence-electron chi connectivity index (χ4n) is 3.87. The van der Waals surface area contributed by atoms with Gasteiger partial charge in [0.25, 0.3) is 11.5 Å². The fraction of sp³-hybridized carbons (Fsp3) is 0.143. The zero-order chi connectivity index (χ0) is 25.9. The molecule has 1 aliphatic heterocycles. The SMILES string of the molecule is CCc1ccc(Oc2nc3ccccn3c(=O)c2/C=C2/SC(=S)N(Cc3ccc(OC)cc3)C2=O)cc1. The van der Waals surface area contributed by atoms with Crippen molar-refractivity contribution in [2.45, 2.75) is 19.9 Å². The second kappa shape index (κ2) is 10.6. The highest BCUT2D eigenvalue weighted by molar-refractivity contribution is 8.26. The summed E-state index contributed by atoms with van der Waals surface area (Å²) in [5.41, 5.74) is 2.35. The van der Waals surface area contributed by atoms with E-state index in [1.165, 1.54) is 20.9 Å². The number of benzene rings is 2. The molecule has 0 spiro atoms. The third-order valence-corrected chi connectivity index (χ3v) is 7.31. The minimum Gasteiger partial charge on any atom is -0.497 e. The number of fused-ring (bicyclic) bond motifs is 1. The number of aromatic nitrogens is 2. The molecule has 1 aliphatic rings. The largest absolute Gasteiger partial charge is 0.497 e. The minimum absolute atomic E-state index is 0.126. The Morgan fingerprint density at radius 2 is 1.68 bits per heavy atom. The molecule has 37 heavy (non-hydrogen) atoms. The third-order valence-electron chi connectivity index (χ3n) is 5.93. The Hall–Kier alpha value is -3.95. The van der Waals surface area contributed by atoms with Crippen LogP contribution in [0.4, 0.5) is 0 Å². The number of pyridine rings is 1.